The lowest BCUT2D eigenvalue weighted by molar-refractivity contribution is 0.526. The van der Waals surface area contributed by atoms with Crippen molar-refractivity contribution in [3.8, 4) is 11.4 Å². The molecule has 2 aromatic heterocycles. The Morgan fingerprint density at radius 1 is 1.05 bits per heavy atom. The van der Waals surface area contributed by atoms with Crippen LogP contribution in [0.3, 0.4) is 0 Å². The van der Waals surface area contributed by atoms with Crippen LogP contribution in [-0.4, -0.2) is 26.3 Å². The van der Waals surface area contributed by atoms with Crippen LogP contribution >= 0.6 is 0 Å². The highest BCUT2D eigenvalue weighted by Crippen LogP contribution is 2.23. The second kappa shape index (κ2) is 7.14. The van der Waals surface area contributed by atoms with Crippen LogP contribution in [-0.2, 0) is 6.54 Å². The summed E-state index contributed by atoms with van der Waals surface area (Å²) in [6, 6.07) is 1.83. The zero-order valence-corrected chi connectivity index (χ0v) is 12.3. The molecule has 2 N–H and O–H groups in total. The number of nitrogens with two attached hydrogens (primary N) is 1. The number of unbranched alkanes of at least 4 members (excludes halogenated alkanes) is 3. The molecule has 0 spiro atoms. The van der Waals surface area contributed by atoms with Gasteiger partial charge in [0.1, 0.15) is 0 Å². The molecule has 0 radical (unpaired) electrons. The fraction of sp³-hybridized carbons (Fsp3) is 0.533. The van der Waals surface area contributed by atoms with Gasteiger partial charge in [0, 0.05) is 24.6 Å². The van der Waals surface area contributed by atoms with Crippen LogP contribution in [0.4, 0.5) is 0 Å². The summed E-state index contributed by atoms with van der Waals surface area (Å²) in [5.41, 5.74) is 8.71. The maximum Gasteiger partial charge on any atom is 0.162 e. The Bertz CT molecular complexity index is 533. The number of aromatic nitrogens is 4. The first kappa shape index (κ1) is 14.7. The number of hydrogen-bond acceptors (Lipinski definition) is 4. The minimum absolute atomic E-state index is 0.761. The van der Waals surface area contributed by atoms with E-state index in [1.165, 1.54) is 12.8 Å². The van der Waals surface area contributed by atoms with E-state index in [2.05, 4.69) is 26.7 Å². The van der Waals surface area contributed by atoms with Crippen LogP contribution in [0.5, 0.6) is 0 Å². The van der Waals surface area contributed by atoms with Crippen molar-refractivity contribution in [3.63, 3.8) is 0 Å². The molecule has 0 saturated heterocycles. The Morgan fingerprint density at radius 2 is 1.75 bits per heavy atom. The minimum Gasteiger partial charge on any atom is -0.330 e. The van der Waals surface area contributed by atoms with Gasteiger partial charge in [-0.05, 0) is 39.3 Å². The number of hydrogen-bond donors (Lipinski definition) is 1. The number of nitrogens with zero attached hydrogens (tertiary/aromatic N) is 4. The van der Waals surface area contributed by atoms with Crippen LogP contribution < -0.4 is 5.73 Å². The first-order valence-corrected chi connectivity index (χ1v) is 7.25. The third-order valence-electron chi connectivity index (χ3n) is 3.49. The van der Waals surface area contributed by atoms with E-state index in [0.717, 1.165) is 48.7 Å². The van der Waals surface area contributed by atoms with Crippen molar-refractivity contribution < 1.29 is 0 Å². The molecule has 20 heavy (non-hydrogen) atoms. The van der Waals surface area contributed by atoms with Gasteiger partial charge < -0.3 is 5.73 Å². The van der Waals surface area contributed by atoms with Crippen LogP contribution in [0, 0.1) is 13.8 Å². The molecule has 0 unspecified atom stereocenters. The molecule has 5 nitrogen and oxygen atoms in total. The smallest absolute Gasteiger partial charge is 0.162 e. The van der Waals surface area contributed by atoms with Crippen molar-refractivity contribution in [2.45, 2.75) is 46.1 Å². The average Bonchev–Trinajstić information content (AvgIpc) is 2.74. The van der Waals surface area contributed by atoms with Gasteiger partial charge in [0.25, 0.3) is 0 Å². The molecule has 2 aromatic rings. The van der Waals surface area contributed by atoms with Gasteiger partial charge in [0.05, 0.1) is 11.3 Å². The first-order chi connectivity index (χ1) is 9.74. The van der Waals surface area contributed by atoms with Gasteiger partial charge >= 0.3 is 0 Å². The summed E-state index contributed by atoms with van der Waals surface area (Å²) in [5, 5.41) is 4.62. The van der Waals surface area contributed by atoms with E-state index in [9.17, 15) is 0 Å². The normalized spacial score (nSPS) is 10.9. The molecule has 0 bridgehead atoms. The largest absolute Gasteiger partial charge is 0.330 e. The van der Waals surface area contributed by atoms with Crippen LogP contribution in [0.25, 0.3) is 11.4 Å². The Hall–Kier alpha value is -1.75. The summed E-state index contributed by atoms with van der Waals surface area (Å²) in [5.74, 6) is 0.761. The van der Waals surface area contributed by atoms with Gasteiger partial charge in [-0.3, -0.25) is 4.68 Å². The van der Waals surface area contributed by atoms with Crippen molar-refractivity contribution >= 4 is 0 Å². The highest BCUT2D eigenvalue weighted by Gasteiger charge is 2.14. The van der Waals surface area contributed by atoms with Gasteiger partial charge in [-0.25, -0.2) is 9.97 Å². The maximum absolute atomic E-state index is 5.50. The lowest BCUT2D eigenvalue weighted by Gasteiger charge is -2.05. The molecule has 108 valence electrons. The Kier molecular flexibility index (Phi) is 5.24. The predicted molar refractivity (Wildman–Crippen MR) is 80.2 cm³/mol. The molecule has 0 saturated carbocycles. The van der Waals surface area contributed by atoms with Crippen LogP contribution in [0.15, 0.2) is 18.5 Å². The highest BCUT2D eigenvalue weighted by molar-refractivity contribution is 5.60. The molecule has 2 rings (SSSR count). The fourth-order valence-corrected chi connectivity index (χ4v) is 2.43. The molecule has 0 aliphatic heterocycles. The maximum atomic E-state index is 5.50. The molecule has 0 aliphatic rings. The number of aryl methyl sites for hydroxylation is 2. The zero-order chi connectivity index (χ0) is 14.4. The second-order valence-corrected chi connectivity index (χ2v) is 5.04. The number of rotatable bonds is 7. The Balaban J connectivity index is 2.06. The third kappa shape index (κ3) is 3.42. The van der Waals surface area contributed by atoms with E-state index < -0.39 is 0 Å². The SMILES string of the molecule is Cc1nn(CCCCCCN)c(C)c1-c1ncccn1. The van der Waals surface area contributed by atoms with Crippen molar-refractivity contribution in [3.05, 3.63) is 29.8 Å². The van der Waals surface area contributed by atoms with Gasteiger partial charge in [-0.1, -0.05) is 12.8 Å². The molecule has 2 heterocycles. The first-order valence-electron chi connectivity index (χ1n) is 7.25. The zero-order valence-electron chi connectivity index (χ0n) is 12.3. The van der Waals surface area contributed by atoms with Crippen LogP contribution in [0.2, 0.25) is 0 Å². The molecule has 0 amide bonds. The molecule has 0 aromatic carbocycles. The molecule has 0 aliphatic carbocycles. The predicted octanol–water partition coefficient (Wildman–Crippen LogP) is 2.48. The molecule has 0 atom stereocenters. The minimum atomic E-state index is 0.761. The lowest BCUT2D eigenvalue weighted by atomic mass is 10.1. The topological polar surface area (TPSA) is 69.6 Å². The third-order valence-corrected chi connectivity index (χ3v) is 3.49. The fourth-order valence-electron chi connectivity index (χ4n) is 2.43. The summed E-state index contributed by atoms with van der Waals surface area (Å²) >= 11 is 0. The summed E-state index contributed by atoms with van der Waals surface area (Å²) in [4.78, 5) is 8.65. The van der Waals surface area contributed by atoms with E-state index >= 15 is 0 Å². The molecular formula is C15H23N5. The quantitative estimate of drug-likeness (QED) is 0.787. The van der Waals surface area contributed by atoms with Gasteiger partial charge in [0.2, 0.25) is 0 Å². The van der Waals surface area contributed by atoms with Crippen molar-refractivity contribution in [2.24, 2.45) is 5.73 Å². The van der Waals surface area contributed by atoms with Gasteiger partial charge in [0.15, 0.2) is 5.82 Å². The Labute approximate surface area is 120 Å². The Morgan fingerprint density at radius 3 is 2.45 bits per heavy atom. The van der Waals surface area contributed by atoms with Crippen molar-refractivity contribution in [1.29, 1.82) is 0 Å². The monoisotopic (exact) mass is 273 g/mol. The lowest BCUT2D eigenvalue weighted by Crippen LogP contribution is -2.03. The summed E-state index contributed by atoms with van der Waals surface area (Å²) < 4.78 is 2.07. The van der Waals surface area contributed by atoms with E-state index in [1.807, 2.05) is 13.0 Å². The van der Waals surface area contributed by atoms with E-state index in [1.54, 1.807) is 12.4 Å². The van der Waals surface area contributed by atoms with E-state index in [0.29, 0.717) is 0 Å². The molecule has 5 heteroatoms. The van der Waals surface area contributed by atoms with Crippen LogP contribution in [0.1, 0.15) is 37.1 Å². The summed E-state index contributed by atoms with van der Waals surface area (Å²) in [7, 11) is 0. The van der Waals surface area contributed by atoms with E-state index in [4.69, 9.17) is 5.73 Å². The van der Waals surface area contributed by atoms with Crippen molar-refractivity contribution in [2.75, 3.05) is 6.54 Å². The van der Waals surface area contributed by atoms with Gasteiger partial charge in [-0.2, -0.15) is 5.10 Å². The molecular weight excluding hydrogens is 250 g/mol. The second-order valence-electron chi connectivity index (χ2n) is 5.04. The standard InChI is InChI=1S/C15H23N5/c1-12-14(15-17-9-7-10-18-15)13(2)20(19-12)11-6-4-3-5-8-16/h7,9-10H,3-6,8,11,16H2,1-2H3. The van der Waals surface area contributed by atoms with E-state index in [-0.39, 0.29) is 0 Å². The summed E-state index contributed by atoms with van der Waals surface area (Å²) in [6.07, 6.45) is 8.19. The summed E-state index contributed by atoms with van der Waals surface area (Å²) in [6.45, 7) is 5.84. The highest BCUT2D eigenvalue weighted by atomic mass is 15.3. The average molecular weight is 273 g/mol. The van der Waals surface area contributed by atoms with Crippen molar-refractivity contribution in [1.82, 2.24) is 19.7 Å². The molecule has 0 fully saturated rings. The van der Waals surface area contributed by atoms with Gasteiger partial charge in [-0.15, -0.1) is 0 Å².